The van der Waals surface area contributed by atoms with Gasteiger partial charge in [-0.3, -0.25) is 10.1 Å². The molecule has 3 aromatic rings. The largest absolute Gasteiger partial charge is 0.455 e. The molecule has 1 radical (unpaired) electrons. The molecule has 0 saturated heterocycles. The average molecular weight is 401 g/mol. The fourth-order valence-electron chi connectivity index (χ4n) is 3.14. The summed E-state index contributed by atoms with van der Waals surface area (Å²) in [5, 5.41) is 13.2. The first-order chi connectivity index (χ1) is 14.1. The Morgan fingerprint density at radius 2 is 1.43 bits per heavy atom. The highest BCUT2D eigenvalue weighted by Gasteiger charge is 2.25. The number of ether oxygens (including phenoxy) is 1. The van der Waals surface area contributed by atoms with Crippen LogP contribution in [-0.2, 0) is 15.9 Å². The lowest BCUT2D eigenvalue weighted by Gasteiger charge is -2.26. The van der Waals surface area contributed by atoms with Crippen LogP contribution in [0, 0.1) is 0 Å². The average Bonchev–Trinajstić information content (AvgIpc) is 2.67. The predicted molar refractivity (Wildman–Crippen MR) is 124 cm³/mol. The van der Waals surface area contributed by atoms with Gasteiger partial charge in [0.1, 0.15) is 11.4 Å². The van der Waals surface area contributed by atoms with E-state index in [1.165, 1.54) is 0 Å². The van der Waals surface area contributed by atoms with Crippen LogP contribution in [-0.4, -0.2) is 6.21 Å². The Hall–Kier alpha value is -3.07. The quantitative estimate of drug-likeness (QED) is 0.409. The Bertz CT molecular complexity index is 1040. The van der Waals surface area contributed by atoms with Crippen molar-refractivity contribution < 1.29 is 9.84 Å². The van der Waals surface area contributed by atoms with Gasteiger partial charge >= 0.3 is 0 Å². The Balaban J connectivity index is 2.03. The fourth-order valence-corrected chi connectivity index (χ4v) is 3.14. The van der Waals surface area contributed by atoms with Crippen molar-refractivity contribution in [1.29, 1.82) is 0 Å². The molecular formula is C27H30NO2. The second-order valence-electron chi connectivity index (χ2n) is 9.58. The lowest BCUT2D eigenvalue weighted by atomic mass is 9.79. The highest BCUT2D eigenvalue weighted by molar-refractivity contribution is 5.87. The lowest BCUT2D eigenvalue weighted by Crippen LogP contribution is -2.17. The van der Waals surface area contributed by atoms with E-state index in [1.54, 1.807) is 6.21 Å². The van der Waals surface area contributed by atoms with Crippen molar-refractivity contribution in [3.8, 4) is 17.2 Å². The maximum Gasteiger partial charge on any atom is 0.191 e. The molecule has 3 aromatic carbocycles. The van der Waals surface area contributed by atoms with Crippen molar-refractivity contribution in [3.63, 3.8) is 0 Å². The number of nitrogens with zero attached hydrogens (tertiary/aromatic N) is 1. The monoisotopic (exact) mass is 400 g/mol. The summed E-state index contributed by atoms with van der Waals surface area (Å²) in [6, 6.07) is 21.2. The van der Waals surface area contributed by atoms with Crippen LogP contribution in [0.2, 0.25) is 0 Å². The van der Waals surface area contributed by atoms with Crippen LogP contribution in [0.25, 0.3) is 0 Å². The number of rotatable bonds is 4. The maximum atomic E-state index is 13.2. The molecule has 3 rings (SSSR count). The van der Waals surface area contributed by atoms with Crippen LogP contribution in [0.3, 0.4) is 0 Å². The summed E-state index contributed by atoms with van der Waals surface area (Å²) in [7, 11) is 0. The maximum absolute atomic E-state index is 13.2. The molecule has 0 unspecified atom stereocenters. The molecule has 0 aromatic heterocycles. The first kappa shape index (κ1) is 21.6. The molecule has 0 N–H and O–H groups in total. The Labute approximate surface area is 180 Å². The zero-order chi connectivity index (χ0) is 21.9. The van der Waals surface area contributed by atoms with Gasteiger partial charge in [0.05, 0.1) is 0 Å². The highest BCUT2D eigenvalue weighted by Crippen LogP contribution is 2.38. The van der Waals surface area contributed by atoms with Gasteiger partial charge in [0.25, 0.3) is 0 Å². The van der Waals surface area contributed by atoms with Gasteiger partial charge in [-0.2, -0.15) is 0 Å². The summed E-state index contributed by atoms with van der Waals surface area (Å²) in [6.45, 7) is 12.7. The molecule has 30 heavy (non-hydrogen) atoms. The highest BCUT2D eigenvalue weighted by atomic mass is 16.5. The van der Waals surface area contributed by atoms with Crippen molar-refractivity contribution in [2.75, 3.05) is 0 Å². The lowest BCUT2D eigenvalue weighted by molar-refractivity contribution is 0.339. The molecule has 0 saturated carbocycles. The number of hydrogen-bond donors (Lipinski definition) is 0. The molecule has 0 spiro atoms. The molecule has 0 aliphatic rings. The summed E-state index contributed by atoms with van der Waals surface area (Å²) in [6.07, 6.45) is 1.67. The SMILES string of the molecule is CC(C)(C)c1cc(C=Nc2ccccc2Oc2ccccc2)c([O])c(C(C)(C)C)c1. The molecular weight excluding hydrogens is 370 g/mol. The van der Waals surface area contributed by atoms with Gasteiger partial charge in [0.15, 0.2) is 11.5 Å². The van der Waals surface area contributed by atoms with Crippen molar-refractivity contribution in [2.45, 2.75) is 52.4 Å². The minimum absolute atomic E-state index is 0.0284. The Morgan fingerprint density at radius 3 is 2.07 bits per heavy atom. The molecule has 3 heteroatoms. The van der Waals surface area contributed by atoms with Gasteiger partial charge in [-0.25, -0.2) is 0 Å². The molecule has 0 amide bonds. The van der Waals surface area contributed by atoms with E-state index in [9.17, 15) is 5.11 Å². The number of benzene rings is 3. The summed E-state index contributed by atoms with van der Waals surface area (Å²) < 4.78 is 5.99. The van der Waals surface area contributed by atoms with E-state index >= 15 is 0 Å². The Morgan fingerprint density at radius 1 is 0.800 bits per heavy atom. The molecule has 3 nitrogen and oxygen atoms in total. The van der Waals surface area contributed by atoms with Crippen LogP contribution in [0.5, 0.6) is 17.2 Å². The molecule has 0 bridgehead atoms. The number of para-hydroxylation sites is 3. The zero-order valence-electron chi connectivity index (χ0n) is 18.7. The third-order valence-corrected chi connectivity index (χ3v) is 4.97. The predicted octanol–water partition coefficient (Wildman–Crippen LogP) is 7.97. The van der Waals surface area contributed by atoms with Gasteiger partial charge in [0, 0.05) is 17.3 Å². The summed E-state index contributed by atoms with van der Waals surface area (Å²) in [5.41, 5.74) is 2.91. The molecule has 0 atom stereocenters. The standard InChI is InChI=1S/C27H30NO2/c1-26(2,3)20-16-19(25(29)22(17-20)27(4,5)6)18-28-23-14-10-11-15-24(23)30-21-12-8-7-9-13-21/h7-18H,1-6H3. The molecule has 0 aliphatic heterocycles. The summed E-state index contributed by atoms with van der Waals surface area (Å²) in [5.74, 6) is 1.42. The smallest absolute Gasteiger partial charge is 0.191 e. The van der Waals surface area contributed by atoms with Crippen molar-refractivity contribution >= 4 is 11.9 Å². The second-order valence-corrected chi connectivity index (χ2v) is 9.58. The first-order valence-corrected chi connectivity index (χ1v) is 10.3. The summed E-state index contributed by atoms with van der Waals surface area (Å²) in [4.78, 5) is 4.63. The van der Waals surface area contributed by atoms with Gasteiger partial charge in [-0.1, -0.05) is 77.9 Å². The fraction of sp³-hybridized carbons (Fsp3) is 0.296. The third kappa shape index (κ3) is 5.10. The van der Waals surface area contributed by atoms with Gasteiger partial charge < -0.3 is 4.74 Å². The molecule has 0 heterocycles. The Kier molecular flexibility index (Phi) is 6.02. The van der Waals surface area contributed by atoms with Crippen molar-refractivity contribution in [2.24, 2.45) is 4.99 Å². The minimum Gasteiger partial charge on any atom is -0.455 e. The van der Waals surface area contributed by atoms with E-state index in [0.29, 0.717) is 17.0 Å². The van der Waals surface area contributed by atoms with E-state index < -0.39 is 0 Å². The van der Waals surface area contributed by atoms with Crippen LogP contribution < -0.4 is 4.74 Å². The first-order valence-electron chi connectivity index (χ1n) is 10.3. The van der Waals surface area contributed by atoms with E-state index in [0.717, 1.165) is 16.9 Å². The van der Waals surface area contributed by atoms with E-state index in [-0.39, 0.29) is 16.6 Å². The van der Waals surface area contributed by atoms with Crippen LogP contribution >= 0.6 is 0 Å². The van der Waals surface area contributed by atoms with Crippen LogP contribution in [0.1, 0.15) is 58.2 Å². The van der Waals surface area contributed by atoms with Gasteiger partial charge in [-0.05, 0) is 46.7 Å². The van der Waals surface area contributed by atoms with Crippen molar-refractivity contribution in [1.82, 2.24) is 0 Å². The normalized spacial score (nSPS) is 12.3. The molecule has 0 fully saturated rings. The molecule has 155 valence electrons. The second kappa shape index (κ2) is 8.35. The van der Waals surface area contributed by atoms with E-state index in [2.05, 4.69) is 46.5 Å². The minimum atomic E-state index is -0.241. The third-order valence-electron chi connectivity index (χ3n) is 4.97. The van der Waals surface area contributed by atoms with E-state index in [4.69, 9.17) is 4.74 Å². The number of hydrogen-bond acceptors (Lipinski definition) is 2. The van der Waals surface area contributed by atoms with E-state index in [1.807, 2.05) is 66.7 Å². The van der Waals surface area contributed by atoms with Gasteiger partial charge in [-0.15, -0.1) is 0 Å². The van der Waals surface area contributed by atoms with Crippen LogP contribution in [0.4, 0.5) is 5.69 Å². The van der Waals surface area contributed by atoms with Crippen LogP contribution in [0.15, 0.2) is 71.7 Å². The topological polar surface area (TPSA) is 41.5 Å². The number of aliphatic imine (C=N–C) groups is 1. The van der Waals surface area contributed by atoms with Gasteiger partial charge in [0.2, 0.25) is 0 Å². The summed E-state index contributed by atoms with van der Waals surface area (Å²) >= 11 is 0. The zero-order valence-corrected chi connectivity index (χ0v) is 18.7. The van der Waals surface area contributed by atoms with Crippen molar-refractivity contribution in [3.05, 3.63) is 83.4 Å². The molecule has 0 aliphatic carbocycles.